The van der Waals surface area contributed by atoms with Crippen LogP contribution in [0.4, 0.5) is 4.39 Å². The van der Waals surface area contributed by atoms with Gasteiger partial charge in [0, 0.05) is 26.7 Å². The van der Waals surface area contributed by atoms with Crippen molar-refractivity contribution in [2.75, 3.05) is 39.9 Å². The molecule has 148 valence electrons. The van der Waals surface area contributed by atoms with E-state index in [0.717, 1.165) is 44.1 Å². The van der Waals surface area contributed by atoms with Gasteiger partial charge < -0.3 is 19.7 Å². The van der Waals surface area contributed by atoms with Crippen LogP contribution in [0.1, 0.15) is 38.4 Å². The van der Waals surface area contributed by atoms with Crippen molar-refractivity contribution in [1.82, 2.24) is 10.2 Å². The Morgan fingerprint density at radius 1 is 1.31 bits per heavy atom. The van der Waals surface area contributed by atoms with Crippen LogP contribution in [0.25, 0.3) is 0 Å². The number of hydrogen-bond donors (Lipinski definition) is 1. The Kier molecular flexibility index (Phi) is 11.1. The lowest BCUT2D eigenvalue weighted by Gasteiger charge is -2.38. The third kappa shape index (κ3) is 7.36. The van der Waals surface area contributed by atoms with Gasteiger partial charge in [0.15, 0.2) is 5.96 Å². The maximum Gasteiger partial charge on any atom is 0.193 e. The van der Waals surface area contributed by atoms with E-state index in [1.807, 2.05) is 6.92 Å². The van der Waals surface area contributed by atoms with Crippen LogP contribution in [-0.2, 0) is 9.47 Å². The largest absolute Gasteiger partial charge is 0.380 e. The van der Waals surface area contributed by atoms with Crippen LogP contribution in [0, 0.1) is 5.82 Å². The number of nitrogens with one attached hydrogen (secondary N) is 1. The van der Waals surface area contributed by atoms with E-state index < -0.39 is 0 Å². The van der Waals surface area contributed by atoms with Crippen LogP contribution >= 0.6 is 24.0 Å². The van der Waals surface area contributed by atoms with Gasteiger partial charge in [-0.1, -0.05) is 25.5 Å². The number of guanidine groups is 1. The predicted molar refractivity (Wildman–Crippen MR) is 114 cm³/mol. The van der Waals surface area contributed by atoms with E-state index in [1.54, 1.807) is 19.2 Å². The molecule has 2 unspecified atom stereocenters. The number of rotatable bonds is 7. The van der Waals surface area contributed by atoms with Gasteiger partial charge in [0.2, 0.25) is 0 Å². The maximum atomic E-state index is 13.1. The highest BCUT2D eigenvalue weighted by molar-refractivity contribution is 14.0. The van der Waals surface area contributed by atoms with Gasteiger partial charge in [-0.3, -0.25) is 4.99 Å². The number of aliphatic imine (C=N–C) groups is 1. The summed E-state index contributed by atoms with van der Waals surface area (Å²) in [5, 5.41) is 3.35. The summed E-state index contributed by atoms with van der Waals surface area (Å²) in [6.07, 6.45) is 2.22. The molecule has 0 spiro atoms. The first-order chi connectivity index (χ1) is 12.1. The molecule has 5 nitrogen and oxygen atoms in total. The number of nitrogens with zero attached hydrogens (tertiary/aromatic N) is 2. The lowest BCUT2D eigenvalue weighted by molar-refractivity contribution is -0.0605. The van der Waals surface area contributed by atoms with Crippen molar-refractivity contribution in [3.05, 3.63) is 35.6 Å². The average molecular weight is 479 g/mol. The monoisotopic (exact) mass is 479 g/mol. The van der Waals surface area contributed by atoms with Gasteiger partial charge in [0.25, 0.3) is 0 Å². The third-order valence-corrected chi connectivity index (χ3v) is 4.19. The summed E-state index contributed by atoms with van der Waals surface area (Å²) >= 11 is 0. The van der Waals surface area contributed by atoms with Crippen LogP contribution in [-0.4, -0.2) is 56.9 Å². The molecule has 2 atom stereocenters. The van der Waals surface area contributed by atoms with Crippen molar-refractivity contribution < 1.29 is 13.9 Å². The molecule has 26 heavy (non-hydrogen) atoms. The van der Waals surface area contributed by atoms with Crippen LogP contribution in [0.3, 0.4) is 0 Å². The minimum absolute atomic E-state index is 0. The van der Waals surface area contributed by atoms with Crippen molar-refractivity contribution in [2.24, 2.45) is 4.99 Å². The first-order valence-corrected chi connectivity index (χ1v) is 9.08. The normalized spacial score (nSPS) is 20.6. The average Bonchev–Trinajstić information content (AvgIpc) is 2.61. The molecule has 1 aromatic carbocycles. The molecular weight excluding hydrogens is 448 g/mol. The van der Waals surface area contributed by atoms with Gasteiger partial charge in [0.1, 0.15) is 11.9 Å². The van der Waals surface area contributed by atoms with E-state index in [4.69, 9.17) is 9.47 Å². The number of hydrogen-bond acceptors (Lipinski definition) is 3. The van der Waals surface area contributed by atoms with Gasteiger partial charge in [-0.05, 0) is 31.0 Å². The smallest absolute Gasteiger partial charge is 0.193 e. The molecule has 0 bridgehead atoms. The highest BCUT2D eigenvalue weighted by Crippen LogP contribution is 2.25. The second kappa shape index (κ2) is 12.5. The van der Waals surface area contributed by atoms with E-state index in [0.29, 0.717) is 13.2 Å². The van der Waals surface area contributed by atoms with Gasteiger partial charge in [-0.2, -0.15) is 0 Å². The van der Waals surface area contributed by atoms with Gasteiger partial charge >= 0.3 is 0 Å². The fraction of sp³-hybridized carbons (Fsp3) is 0.632. The Morgan fingerprint density at radius 3 is 2.69 bits per heavy atom. The van der Waals surface area contributed by atoms with Crippen LogP contribution < -0.4 is 5.32 Å². The van der Waals surface area contributed by atoms with Gasteiger partial charge in [-0.15, -0.1) is 24.0 Å². The Hall–Kier alpha value is -0.930. The van der Waals surface area contributed by atoms with E-state index in [-0.39, 0.29) is 42.0 Å². The first-order valence-electron chi connectivity index (χ1n) is 9.08. The highest BCUT2D eigenvalue weighted by Gasteiger charge is 2.28. The maximum absolute atomic E-state index is 13.1. The minimum Gasteiger partial charge on any atom is -0.380 e. The van der Waals surface area contributed by atoms with Crippen LogP contribution in [0.15, 0.2) is 29.3 Å². The summed E-state index contributed by atoms with van der Waals surface area (Å²) in [5.41, 5.74) is 0.983. The molecule has 1 aromatic rings. The summed E-state index contributed by atoms with van der Waals surface area (Å²) < 4.78 is 24.8. The number of halogens is 2. The molecule has 0 aliphatic carbocycles. The molecule has 1 fully saturated rings. The van der Waals surface area contributed by atoms with E-state index in [1.165, 1.54) is 12.1 Å². The molecule has 0 radical (unpaired) electrons. The second-order valence-electron chi connectivity index (χ2n) is 6.33. The molecule has 0 amide bonds. The molecule has 1 aliphatic heterocycles. The zero-order valence-electron chi connectivity index (χ0n) is 15.9. The fourth-order valence-corrected chi connectivity index (χ4v) is 2.90. The topological polar surface area (TPSA) is 46.1 Å². The third-order valence-electron chi connectivity index (χ3n) is 4.19. The molecule has 1 N–H and O–H groups in total. The van der Waals surface area contributed by atoms with Crippen LogP contribution in [0.2, 0.25) is 0 Å². The zero-order chi connectivity index (χ0) is 18.1. The zero-order valence-corrected chi connectivity index (χ0v) is 18.2. The van der Waals surface area contributed by atoms with E-state index in [2.05, 4.69) is 22.1 Å². The molecule has 0 aromatic heterocycles. The fourth-order valence-electron chi connectivity index (χ4n) is 2.90. The second-order valence-corrected chi connectivity index (χ2v) is 6.33. The molecule has 0 saturated carbocycles. The highest BCUT2D eigenvalue weighted by atomic mass is 127. The predicted octanol–water partition coefficient (Wildman–Crippen LogP) is 3.60. The number of unbranched alkanes of at least 4 members (excludes halogenated alkanes) is 1. The Balaban J connectivity index is 0.00000338. The standard InChI is InChI=1S/C19H30FN3O2.HI/c1-4-5-11-24-12-10-22-19(21-3)23-13-15(2)25-18(14-23)16-6-8-17(20)9-7-16;/h6-9,15,18H,4-5,10-14H2,1-3H3,(H,21,22);1H. The molecule has 7 heteroatoms. The van der Waals surface area contributed by atoms with E-state index >= 15 is 0 Å². The summed E-state index contributed by atoms with van der Waals surface area (Å²) in [7, 11) is 1.79. The van der Waals surface area contributed by atoms with Gasteiger partial charge in [-0.25, -0.2) is 4.39 Å². The molecule has 2 rings (SSSR count). The lowest BCUT2D eigenvalue weighted by atomic mass is 10.1. The SMILES string of the molecule is CCCCOCCNC(=NC)N1CC(C)OC(c2ccc(F)cc2)C1.I. The molecule has 1 heterocycles. The van der Waals surface area contributed by atoms with Crippen molar-refractivity contribution in [1.29, 1.82) is 0 Å². The summed E-state index contributed by atoms with van der Waals surface area (Å²) in [5.74, 6) is 0.617. The minimum atomic E-state index is -0.231. The summed E-state index contributed by atoms with van der Waals surface area (Å²) in [6, 6.07) is 6.52. The summed E-state index contributed by atoms with van der Waals surface area (Å²) in [6.45, 7) is 7.85. The van der Waals surface area contributed by atoms with Crippen molar-refractivity contribution >= 4 is 29.9 Å². The molecule has 1 aliphatic rings. The number of benzene rings is 1. The Morgan fingerprint density at radius 2 is 2.04 bits per heavy atom. The van der Waals surface area contributed by atoms with Crippen molar-refractivity contribution in [3.8, 4) is 0 Å². The van der Waals surface area contributed by atoms with Crippen molar-refractivity contribution in [2.45, 2.75) is 38.9 Å². The molecule has 1 saturated heterocycles. The van der Waals surface area contributed by atoms with E-state index in [9.17, 15) is 4.39 Å². The quantitative estimate of drug-likeness (QED) is 0.281. The van der Waals surface area contributed by atoms with Crippen molar-refractivity contribution in [3.63, 3.8) is 0 Å². The van der Waals surface area contributed by atoms with Crippen LogP contribution in [0.5, 0.6) is 0 Å². The number of morpholine rings is 1. The lowest BCUT2D eigenvalue weighted by Crippen LogP contribution is -2.51. The Bertz CT molecular complexity index is 542. The summed E-state index contributed by atoms with van der Waals surface area (Å²) in [4.78, 5) is 6.57. The van der Waals surface area contributed by atoms with Gasteiger partial charge in [0.05, 0.1) is 19.3 Å². The number of ether oxygens (including phenoxy) is 2. The first kappa shape index (κ1) is 23.1. The Labute approximate surface area is 173 Å². The molecular formula is C19H31FIN3O2.